The van der Waals surface area contributed by atoms with Crippen LogP contribution in [0.2, 0.25) is 5.15 Å². The van der Waals surface area contributed by atoms with E-state index in [2.05, 4.69) is 9.55 Å². The van der Waals surface area contributed by atoms with Gasteiger partial charge in [-0.3, -0.25) is 4.79 Å². The molecule has 41 heavy (non-hydrogen) atoms. The molecule has 1 aliphatic heterocycles. The number of aryl methyl sites for hydroxylation is 1. The first-order chi connectivity index (χ1) is 19.4. The van der Waals surface area contributed by atoms with Crippen molar-refractivity contribution in [3.63, 3.8) is 0 Å². The molecule has 1 amide bonds. The molecule has 3 aromatic rings. The molecular weight excluding hydrogens is 564 g/mol. The van der Waals surface area contributed by atoms with Gasteiger partial charge < -0.3 is 18.9 Å². The number of fused-ring (bicyclic) bond motifs is 1. The number of halogens is 1. The second-order valence-electron chi connectivity index (χ2n) is 10.8. The first-order valence-electron chi connectivity index (χ1n) is 13.7. The number of nitrogens with zero attached hydrogens (tertiary/aromatic N) is 4. The van der Waals surface area contributed by atoms with Crippen molar-refractivity contribution in [1.29, 1.82) is 0 Å². The van der Waals surface area contributed by atoms with Gasteiger partial charge in [0.2, 0.25) is 15.9 Å². The van der Waals surface area contributed by atoms with Crippen LogP contribution in [0, 0.1) is 26.7 Å². The Morgan fingerprint density at radius 1 is 1.17 bits per heavy atom. The van der Waals surface area contributed by atoms with Crippen LogP contribution in [0.5, 0.6) is 5.75 Å². The third-order valence-electron chi connectivity index (χ3n) is 7.50. The van der Waals surface area contributed by atoms with E-state index in [1.807, 2.05) is 52.1 Å². The van der Waals surface area contributed by atoms with Gasteiger partial charge in [-0.1, -0.05) is 31.5 Å². The van der Waals surface area contributed by atoms with Crippen LogP contribution in [0.25, 0.3) is 0 Å². The van der Waals surface area contributed by atoms with Crippen molar-refractivity contribution in [3.8, 4) is 5.75 Å². The van der Waals surface area contributed by atoms with Gasteiger partial charge in [-0.05, 0) is 73.2 Å². The molecule has 0 N–H and O–H groups in total. The Hall–Kier alpha value is -2.92. The molecule has 0 spiro atoms. The number of carbonyl (C=O) groups is 1. The summed E-state index contributed by atoms with van der Waals surface area (Å²) in [6, 6.07) is 9.01. The Labute approximate surface area is 248 Å². The van der Waals surface area contributed by atoms with Gasteiger partial charge in [0.15, 0.2) is 0 Å². The number of hydrogen-bond acceptors (Lipinski definition) is 6. The van der Waals surface area contributed by atoms with E-state index in [1.165, 1.54) is 4.31 Å². The number of aromatic nitrogens is 2. The second-order valence-corrected chi connectivity index (χ2v) is 13.1. The summed E-state index contributed by atoms with van der Waals surface area (Å²) in [5.74, 6) is 0.590. The highest BCUT2D eigenvalue weighted by atomic mass is 35.5. The zero-order chi connectivity index (χ0) is 29.9. The Morgan fingerprint density at radius 2 is 1.93 bits per heavy atom. The fourth-order valence-corrected chi connectivity index (χ4v) is 7.62. The lowest BCUT2D eigenvalue weighted by atomic mass is 10.0. The lowest BCUT2D eigenvalue weighted by Crippen LogP contribution is -2.44. The van der Waals surface area contributed by atoms with Gasteiger partial charge >= 0.3 is 0 Å². The summed E-state index contributed by atoms with van der Waals surface area (Å²) in [6.45, 7) is 11.0. The van der Waals surface area contributed by atoms with Gasteiger partial charge in [0.25, 0.3) is 0 Å². The van der Waals surface area contributed by atoms with Gasteiger partial charge in [-0.2, -0.15) is 4.31 Å². The van der Waals surface area contributed by atoms with Gasteiger partial charge in [0, 0.05) is 44.3 Å². The predicted molar refractivity (Wildman–Crippen MR) is 159 cm³/mol. The number of carbonyl (C=O) groups excluding carboxylic acids is 1. The third-order valence-corrected chi connectivity index (χ3v) is 9.88. The minimum atomic E-state index is -3.82. The topological polar surface area (TPSA) is 94.0 Å². The van der Waals surface area contributed by atoms with Gasteiger partial charge in [0.05, 0.1) is 24.7 Å². The van der Waals surface area contributed by atoms with Crippen molar-refractivity contribution >= 4 is 27.5 Å². The molecule has 2 aromatic heterocycles. The summed E-state index contributed by atoms with van der Waals surface area (Å²) in [4.78, 5) is 19.7. The van der Waals surface area contributed by atoms with Gasteiger partial charge in [-0.15, -0.1) is 0 Å². The Morgan fingerprint density at radius 3 is 2.59 bits per heavy atom. The van der Waals surface area contributed by atoms with Crippen molar-refractivity contribution in [3.05, 3.63) is 75.8 Å². The minimum Gasteiger partial charge on any atom is -0.496 e. The summed E-state index contributed by atoms with van der Waals surface area (Å²) in [7, 11) is -2.24. The molecule has 0 saturated carbocycles. The smallest absolute Gasteiger partial charge is 0.249 e. The quantitative estimate of drug-likeness (QED) is 0.232. The molecule has 1 aliphatic rings. The van der Waals surface area contributed by atoms with E-state index in [0.29, 0.717) is 46.6 Å². The van der Waals surface area contributed by atoms with Crippen molar-refractivity contribution in [2.24, 2.45) is 5.92 Å². The molecular formula is C30H39ClN4O5S. The van der Waals surface area contributed by atoms with E-state index in [0.717, 1.165) is 16.8 Å². The van der Waals surface area contributed by atoms with Crippen LogP contribution in [0.15, 0.2) is 47.6 Å². The summed E-state index contributed by atoms with van der Waals surface area (Å²) < 4.78 is 42.6. The largest absolute Gasteiger partial charge is 0.496 e. The first kappa shape index (κ1) is 31.0. The predicted octanol–water partition coefficient (Wildman–Crippen LogP) is 4.77. The average molecular weight is 603 g/mol. The SMILES string of the molecule is COc1cc(C)c(S(=O)(=O)N(CCOCC(=O)N2CCn3cccc3C2c2ccc(Cl)nc2)CC(C)C)c(C)c1C. The average Bonchev–Trinajstić information content (AvgIpc) is 3.41. The molecule has 1 atom stereocenters. The maximum atomic E-state index is 13.9. The minimum absolute atomic E-state index is 0.0856. The molecule has 11 heteroatoms. The van der Waals surface area contributed by atoms with Crippen molar-refractivity contribution < 1.29 is 22.7 Å². The van der Waals surface area contributed by atoms with E-state index in [1.54, 1.807) is 37.3 Å². The summed E-state index contributed by atoms with van der Waals surface area (Å²) in [6.07, 6.45) is 3.69. The van der Waals surface area contributed by atoms with E-state index >= 15 is 0 Å². The monoisotopic (exact) mass is 602 g/mol. The van der Waals surface area contributed by atoms with E-state index in [-0.39, 0.29) is 37.6 Å². The van der Waals surface area contributed by atoms with Crippen LogP contribution in [-0.2, 0) is 26.1 Å². The third kappa shape index (κ3) is 6.61. The number of amides is 1. The molecule has 1 unspecified atom stereocenters. The molecule has 4 rings (SSSR count). The molecule has 0 bridgehead atoms. The summed E-state index contributed by atoms with van der Waals surface area (Å²) in [5.41, 5.74) is 3.94. The van der Waals surface area contributed by atoms with Crippen molar-refractivity contribution in [2.45, 2.75) is 52.1 Å². The molecule has 0 fully saturated rings. The lowest BCUT2D eigenvalue weighted by Gasteiger charge is -2.37. The highest BCUT2D eigenvalue weighted by Crippen LogP contribution is 2.34. The van der Waals surface area contributed by atoms with Crippen molar-refractivity contribution in [2.75, 3.05) is 40.0 Å². The van der Waals surface area contributed by atoms with Gasteiger partial charge in [0.1, 0.15) is 17.5 Å². The van der Waals surface area contributed by atoms with Crippen LogP contribution in [-0.4, -0.2) is 73.0 Å². The van der Waals surface area contributed by atoms with Crippen LogP contribution in [0.1, 0.15) is 47.8 Å². The lowest BCUT2D eigenvalue weighted by molar-refractivity contribution is -0.139. The first-order valence-corrected chi connectivity index (χ1v) is 15.6. The number of ether oxygens (including phenoxy) is 2. The summed E-state index contributed by atoms with van der Waals surface area (Å²) >= 11 is 6.01. The number of sulfonamides is 1. The molecule has 0 radical (unpaired) electrons. The zero-order valence-corrected chi connectivity index (χ0v) is 26.1. The van der Waals surface area contributed by atoms with E-state index in [4.69, 9.17) is 21.1 Å². The molecule has 3 heterocycles. The van der Waals surface area contributed by atoms with Crippen LogP contribution >= 0.6 is 11.6 Å². The fourth-order valence-electron chi connectivity index (χ4n) is 5.44. The van der Waals surface area contributed by atoms with Crippen LogP contribution in [0.4, 0.5) is 0 Å². The molecule has 1 aromatic carbocycles. The maximum Gasteiger partial charge on any atom is 0.249 e. The highest BCUT2D eigenvalue weighted by molar-refractivity contribution is 7.89. The normalized spacial score (nSPS) is 15.4. The van der Waals surface area contributed by atoms with E-state index in [9.17, 15) is 13.2 Å². The standard InChI is InChI=1S/C30H39ClN4O5S/c1-20(2)18-34(41(37,38)30-21(3)16-26(39-6)22(4)23(30)5)14-15-40-19-28(36)35-13-12-33-11-7-8-25(33)29(35)24-9-10-27(31)32-17-24/h7-11,16-17,20,29H,12-15,18-19H2,1-6H3. The number of benzene rings is 1. The zero-order valence-electron chi connectivity index (χ0n) is 24.6. The maximum absolute atomic E-state index is 13.9. The number of methoxy groups -OCH3 is 1. The Kier molecular flexibility index (Phi) is 9.79. The molecule has 0 aliphatic carbocycles. The van der Waals surface area contributed by atoms with Crippen LogP contribution < -0.4 is 4.74 Å². The Bertz CT molecular complexity index is 1490. The summed E-state index contributed by atoms with van der Waals surface area (Å²) in [5, 5.41) is 0.386. The molecule has 222 valence electrons. The van der Waals surface area contributed by atoms with E-state index < -0.39 is 10.0 Å². The highest BCUT2D eigenvalue weighted by Gasteiger charge is 2.33. The number of pyridine rings is 1. The van der Waals surface area contributed by atoms with Crippen molar-refractivity contribution in [1.82, 2.24) is 18.8 Å². The Balaban J connectivity index is 1.47. The van der Waals surface area contributed by atoms with Gasteiger partial charge in [-0.25, -0.2) is 13.4 Å². The second kappa shape index (κ2) is 12.9. The molecule has 0 saturated heterocycles. The molecule has 9 nitrogen and oxygen atoms in total. The van der Waals surface area contributed by atoms with Crippen LogP contribution in [0.3, 0.4) is 0 Å². The number of rotatable bonds is 11. The number of hydrogen-bond donors (Lipinski definition) is 0. The fraction of sp³-hybridized carbons (Fsp3) is 0.467.